The number of fused-ring (bicyclic) bond motifs is 1. The number of carbonyl (C=O) groups is 1. The number of hydrogen-bond acceptors (Lipinski definition) is 7. The molecule has 2 aromatic carbocycles. The molecule has 6 nitrogen and oxygen atoms in total. The molecule has 0 unspecified atom stereocenters. The van der Waals surface area contributed by atoms with Crippen molar-refractivity contribution in [2.24, 2.45) is 0 Å². The van der Waals surface area contributed by atoms with Crippen molar-refractivity contribution in [1.29, 1.82) is 0 Å². The largest absolute Gasteiger partial charge is 0.345 e. The summed E-state index contributed by atoms with van der Waals surface area (Å²) >= 11 is 3.39. The maximum atomic E-state index is 12.9. The number of carbonyl (C=O) groups excluding carboxylic acids is 1. The van der Waals surface area contributed by atoms with E-state index < -0.39 is 9.84 Å². The topological polar surface area (TPSA) is 70.6 Å². The summed E-state index contributed by atoms with van der Waals surface area (Å²) < 4.78 is 25.4. The SMILES string of the molecule is CCS(=O)(=O)c1cccc(C(=O)N2CCN(c3nc4ccc(SC)cc4s3)CC2)c1. The lowest BCUT2D eigenvalue weighted by atomic mass is 10.2. The average Bonchev–Trinajstić information content (AvgIpc) is 3.22. The van der Waals surface area contributed by atoms with Crippen molar-refractivity contribution >= 4 is 54.2 Å². The number of thiazole rings is 1. The minimum Gasteiger partial charge on any atom is -0.345 e. The third-order valence-corrected chi connectivity index (χ3v) is 8.78. The van der Waals surface area contributed by atoms with Gasteiger partial charge in [0.05, 0.1) is 20.9 Å². The number of benzene rings is 2. The zero-order chi connectivity index (χ0) is 21.3. The Bertz CT molecular complexity index is 1180. The van der Waals surface area contributed by atoms with E-state index in [1.54, 1.807) is 53.1 Å². The molecule has 0 saturated carbocycles. The Morgan fingerprint density at radius 2 is 1.90 bits per heavy atom. The molecule has 1 fully saturated rings. The summed E-state index contributed by atoms with van der Waals surface area (Å²) in [5.41, 5.74) is 1.42. The van der Waals surface area contributed by atoms with Crippen molar-refractivity contribution in [2.75, 3.05) is 43.1 Å². The van der Waals surface area contributed by atoms with Crippen LogP contribution in [0.1, 0.15) is 17.3 Å². The Morgan fingerprint density at radius 3 is 2.60 bits per heavy atom. The summed E-state index contributed by atoms with van der Waals surface area (Å²) in [6, 6.07) is 12.7. The van der Waals surface area contributed by atoms with Crippen LogP contribution in [0.3, 0.4) is 0 Å². The summed E-state index contributed by atoms with van der Waals surface area (Å²) in [5.74, 6) is -0.110. The molecular formula is C21H23N3O3S3. The van der Waals surface area contributed by atoms with Crippen LogP contribution in [-0.4, -0.2) is 62.4 Å². The summed E-state index contributed by atoms with van der Waals surface area (Å²) in [7, 11) is -3.34. The highest BCUT2D eigenvalue weighted by molar-refractivity contribution is 7.98. The average molecular weight is 462 g/mol. The lowest BCUT2D eigenvalue weighted by Gasteiger charge is -2.34. The number of piperazine rings is 1. The van der Waals surface area contributed by atoms with Gasteiger partial charge in [0.1, 0.15) is 0 Å². The first kappa shape index (κ1) is 21.1. The number of sulfone groups is 1. The molecule has 3 aromatic rings. The highest BCUT2D eigenvalue weighted by Crippen LogP contribution is 2.32. The molecule has 0 N–H and O–H groups in total. The Balaban J connectivity index is 1.46. The van der Waals surface area contributed by atoms with Crippen LogP contribution in [0.25, 0.3) is 10.2 Å². The molecule has 0 aliphatic carbocycles. The predicted octanol–water partition coefficient (Wildman–Crippen LogP) is 3.77. The van der Waals surface area contributed by atoms with Gasteiger partial charge >= 0.3 is 0 Å². The lowest BCUT2D eigenvalue weighted by molar-refractivity contribution is 0.0746. The van der Waals surface area contributed by atoms with E-state index in [2.05, 4.69) is 29.4 Å². The number of aromatic nitrogens is 1. The van der Waals surface area contributed by atoms with E-state index in [1.807, 2.05) is 0 Å². The molecule has 158 valence electrons. The zero-order valence-electron chi connectivity index (χ0n) is 16.9. The van der Waals surface area contributed by atoms with Gasteiger partial charge < -0.3 is 9.80 Å². The number of amides is 1. The van der Waals surface area contributed by atoms with Gasteiger partial charge in [0.15, 0.2) is 15.0 Å². The Labute approximate surface area is 184 Å². The minimum atomic E-state index is -3.34. The minimum absolute atomic E-state index is 0.0178. The Hall–Kier alpha value is -2.10. The second-order valence-corrected chi connectivity index (χ2v) is 11.2. The molecular weight excluding hydrogens is 438 g/mol. The van der Waals surface area contributed by atoms with Crippen molar-refractivity contribution in [3.8, 4) is 0 Å². The van der Waals surface area contributed by atoms with Gasteiger partial charge in [-0.1, -0.05) is 24.3 Å². The van der Waals surface area contributed by atoms with E-state index in [9.17, 15) is 13.2 Å². The van der Waals surface area contributed by atoms with Crippen molar-refractivity contribution in [3.63, 3.8) is 0 Å². The highest BCUT2D eigenvalue weighted by atomic mass is 32.2. The Kier molecular flexibility index (Phi) is 6.04. The molecule has 9 heteroatoms. The molecule has 1 aromatic heterocycles. The van der Waals surface area contributed by atoms with E-state index in [0.717, 1.165) is 10.6 Å². The van der Waals surface area contributed by atoms with Gasteiger partial charge in [-0.2, -0.15) is 0 Å². The predicted molar refractivity (Wildman–Crippen MR) is 124 cm³/mol. The summed E-state index contributed by atoms with van der Waals surface area (Å²) in [6.07, 6.45) is 2.06. The van der Waals surface area contributed by atoms with E-state index in [4.69, 9.17) is 4.98 Å². The standard InChI is InChI=1S/C21H23N3O3S3/c1-3-30(26,27)17-6-4-5-15(13-17)20(25)23-9-11-24(12-10-23)21-22-18-8-7-16(28-2)14-19(18)29-21/h4-8,13-14H,3,9-12H2,1-2H3. The normalized spacial score (nSPS) is 15.0. The first-order valence-corrected chi connectivity index (χ1v) is 13.4. The van der Waals surface area contributed by atoms with Crippen LogP contribution in [0.15, 0.2) is 52.3 Å². The van der Waals surface area contributed by atoms with Crippen LogP contribution in [-0.2, 0) is 9.84 Å². The number of nitrogens with zero attached hydrogens (tertiary/aromatic N) is 3. The van der Waals surface area contributed by atoms with Crippen molar-refractivity contribution < 1.29 is 13.2 Å². The number of thioether (sulfide) groups is 1. The van der Waals surface area contributed by atoms with Gasteiger partial charge in [0, 0.05) is 36.6 Å². The highest BCUT2D eigenvalue weighted by Gasteiger charge is 2.25. The van der Waals surface area contributed by atoms with Gasteiger partial charge in [-0.05, 0) is 42.7 Å². The van der Waals surface area contributed by atoms with Gasteiger partial charge in [-0.3, -0.25) is 4.79 Å². The molecule has 4 rings (SSSR count). The maximum absolute atomic E-state index is 12.9. The molecule has 30 heavy (non-hydrogen) atoms. The molecule has 1 aliphatic rings. The second-order valence-electron chi connectivity index (χ2n) is 7.04. The number of anilines is 1. The monoisotopic (exact) mass is 461 g/mol. The van der Waals surface area contributed by atoms with Crippen LogP contribution in [0, 0.1) is 0 Å². The van der Waals surface area contributed by atoms with Crippen LogP contribution >= 0.6 is 23.1 Å². The number of hydrogen-bond donors (Lipinski definition) is 0. The number of rotatable bonds is 5. The third-order valence-electron chi connectivity index (χ3n) is 5.24. The first-order valence-electron chi connectivity index (χ1n) is 9.73. The zero-order valence-corrected chi connectivity index (χ0v) is 19.3. The molecule has 0 atom stereocenters. The third kappa shape index (κ3) is 4.19. The fourth-order valence-electron chi connectivity index (χ4n) is 3.43. The van der Waals surface area contributed by atoms with Gasteiger partial charge in [0.25, 0.3) is 5.91 Å². The molecule has 0 bridgehead atoms. The van der Waals surface area contributed by atoms with Gasteiger partial charge in [0.2, 0.25) is 0 Å². The van der Waals surface area contributed by atoms with E-state index in [0.29, 0.717) is 31.7 Å². The van der Waals surface area contributed by atoms with E-state index in [1.165, 1.54) is 15.7 Å². The first-order chi connectivity index (χ1) is 14.4. The molecule has 0 spiro atoms. The van der Waals surface area contributed by atoms with Crippen molar-refractivity contribution in [2.45, 2.75) is 16.7 Å². The van der Waals surface area contributed by atoms with Crippen molar-refractivity contribution in [3.05, 3.63) is 48.0 Å². The van der Waals surface area contributed by atoms with Crippen LogP contribution in [0.2, 0.25) is 0 Å². The summed E-state index contributed by atoms with van der Waals surface area (Å²) in [4.78, 5) is 23.1. The quantitative estimate of drug-likeness (QED) is 0.539. The van der Waals surface area contributed by atoms with Crippen molar-refractivity contribution in [1.82, 2.24) is 9.88 Å². The molecule has 2 heterocycles. The van der Waals surface area contributed by atoms with Crippen LogP contribution in [0.4, 0.5) is 5.13 Å². The summed E-state index contributed by atoms with van der Waals surface area (Å²) in [5, 5.41) is 0.978. The molecule has 0 radical (unpaired) electrons. The van der Waals surface area contributed by atoms with Gasteiger partial charge in [-0.15, -0.1) is 11.8 Å². The molecule has 1 aliphatic heterocycles. The fraction of sp³-hybridized carbons (Fsp3) is 0.333. The fourth-order valence-corrected chi connectivity index (χ4v) is 5.92. The summed E-state index contributed by atoms with van der Waals surface area (Å²) in [6.45, 7) is 4.17. The lowest BCUT2D eigenvalue weighted by Crippen LogP contribution is -2.48. The van der Waals surface area contributed by atoms with Crippen LogP contribution < -0.4 is 4.90 Å². The molecule has 1 saturated heterocycles. The van der Waals surface area contributed by atoms with Crippen LogP contribution in [0.5, 0.6) is 0 Å². The molecule has 1 amide bonds. The maximum Gasteiger partial charge on any atom is 0.254 e. The van der Waals surface area contributed by atoms with E-state index >= 15 is 0 Å². The van der Waals surface area contributed by atoms with E-state index in [-0.39, 0.29) is 16.6 Å². The smallest absolute Gasteiger partial charge is 0.254 e. The Morgan fingerprint density at radius 1 is 1.13 bits per heavy atom. The second kappa shape index (κ2) is 8.56. The van der Waals surface area contributed by atoms with Gasteiger partial charge in [-0.25, -0.2) is 13.4 Å².